The van der Waals surface area contributed by atoms with E-state index in [9.17, 15) is 14.0 Å². The molecule has 6 heteroatoms. The van der Waals surface area contributed by atoms with Gasteiger partial charge in [-0.15, -0.1) is 0 Å². The molecule has 0 fully saturated rings. The number of carbonyl (C=O) groups is 2. The largest absolute Gasteiger partial charge is 0.423 e. The predicted octanol–water partition coefficient (Wildman–Crippen LogP) is 6.42. The third kappa shape index (κ3) is 9.86. The second-order valence-electron chi connectivity index (χ2n) is 7.81. The minimum Gasteiger partial charge on any atom is -0.423 e. The summed E-state index contributed by atoms with van der Waals surface area (Å²) in [6, 6.07) is 12.2. The number of amides is 1. The van der Waals surface area contributed by atoms with Gasteiger partial charge in [0, 0.05) is 6.42 Å². The monoisotopic (exact) mass is 440 g/mol. The van der Waals surface area contributed by atoms with Crippen LogP contribution < -0.4 is 10.2 Å². The van der Waals surface area contributed by atoms with Gasteiger partial charge in [0.25, 0.3) is 0 Å². The molecule has 0 atom stereocenters. The summed E-state index contributed by atoms with van der Waals surface area (Å²) in [7, 11) is 0. The quantitative estimate of drug-likeness (QED) is 0.121. The fourth-order valence-corrected chi connectivity index (χ4v) is 3.24. The number of rotatable bonds is 14. The van der Waals surface area contributed by atoms with Crippen molar-refractivity contribution < 1.29 is 18.7 Å². The number of hydrogen-bond acceptors (Lipinski definition) is 4. The van der Waals surface area contributed by atoms with Crippen LogP contribution >= 0.6 is 0 Å². The van der Waals surface area contributed by atoms with Crippen LogP contribution in [0.1, 0.15) is 87.1 Å². The Kier molecular flexibility index (Phi) is 11.7. The first-order valence-electron chi connectivity index (χ1n) is 11.5. The Morgan fingerprint density at radius 2 is 1.53 bits per heavy atom. The Morgan fingerprint density at radius 1 is 0.906 bits per heavy atom. The van der Waals surface area contributed by atoms with Gasteiger partial charge in [-0.25, -0.2) is 14.6 Å². The molecule has 0 aromatic heterocycles. The molecule has 172 valence electrons. The van der Waals surface area contributed by atoms with Crippen molar-refractivity contribution in [2.45, 2.75) is 71.1 Å². The summed E-state index contributed by atoms with van der Waals surface area (Å²) >= 11 is 0. The SMILES string of the molecule is CCCCCCCCCCCC(=O)N/N=C/c1ccc(OC(=O)c2ccccc2F)cc1. The highest BCUT2D eigenvalue weighted by Crippen LogP contribution is 2.15. The molecule has 2 aromatic carbocycles. The number of esters is 1. The maximum Gasteiger partial charge on any atom is 0.346 e. The smallest absolute Gasteiger partial charge is 0.346 e. The van der Waals surface area contributed by atoms with Gasteiger partial charge in [-0.3, -0.25) is 4.79 Å². The van der Waals surface area contributed by atoms with Crippen LogP contribution in [0.3, 0.4) is 0 Å². The molecular formula is C26H33FN2O3. The number of unbranched alkanes of at least 4 members (excludes halogenated alkanes) is 8. The van der Waals surface area contributed by atoms with Crippen LogP contribution in [0.5, 0.6) is 5.75 Å². The molecule has 2 rings (SSSR count). The molecule has 0 saturated carbocycles. The number of hydrazone groups is 1. The van der Waals surface area contributed by atoms with E-state index in [1.165, 1.54) is 69.4 Å². The first kappa shape index (κ1) is 25.2. The van der Waals surface area contributed by atoms with Crippen molar-refractivity contribution in [1.82, 2.24) is 5.43 Å². The standard InChI is InChI=1S/C26H33FN2O3/c1-2-3-4-5-6-7-8-9-10-15-25(30)29-28-20-21-16-18-22(19-17-21)32-26(31)23-13-11-12-14-24(23)27/h11-14,16-20H,2-10,15H2,1H3,(H,29,30)/b28-20+. The topological polar surface area (TPSA) is 67.8 Å². The van der Waals surface area contributed by atoms with Crippen molar-refractivity contribution >= 4 is 18.1 Å². The van der Waals surface area contributed by atoms with E-state index in [1.54, 1.807) is 30.3 Å². The van der Waals surface area contributed by atoms with Gasteiger partial charge in [-0.2, -0.15) is 5.10 Å². The summed E-state index contributed by atoms with van der Waals surface area (Å²) in [5, 5.41) is 3.97. The van der Waals surface area contributed by atoms with Crippen LogP contribution in [0.4, 0.5) is 4.39 Å². The average molecular weight is 441 g/mol. The van der Waals surface area contributed by atoms with Crippen LogP contribution in [0.2, 0.25) is 0 Å². The van der Waals surface area contributed by atoms with E-state index in [1.807, 2.05) is 0 Å². The van der Waals surface area contributed by atoms with Crippen LogP contribution in [-0.2, 0) is 4.79 Å². The normalized spacial score (nSPS) is 10.9. The van der Waals surface area contributed by atoms with Gasteiger partial charge in [-0.1, -0.05) is 70.4 Å². The minimum absolute atomic E-state index is 0.0976. The second-order valence-corrected chi connectivity index (χ2v) is 7.81. The molecule has 0 heterocycles. The van der Waals surface area contributed by atoms with Crippen molar-refractivity contribution in [1.29, 1.82) is 0 Å². The highest BCUT2D eigenvalue weighted by atomic mass is 19.1. The maximum atomic E-state index is 13.6. The molecular weight excluding hydrogens is 407 g/mol. The fourth-order valence-electron chi connectivity index (χ4n) is 3.24. The highest BCUT2D eigenvalue weighted by Gasteiger charge is 2.13. The first-order chi connectivity index (χ1) is 15.6. The maximum absolute atomic E-state index is 13.6. The summed E-state index contributed by atoms with van der Waals surface area (Å²) in [6.45, 7) is 2.22. The van der Waals surface area contributed by atoms with E-state index in [0.717, 1.165) is 18.4 Å². The number of carbonyl (C=O) groups excluding carboxylic acids is 2. The van der Waals surface area contributed by atoms with Gasteiger partial charge in [0.15, 0.2) is 0 Å². The number of ether oxygens (including phenoxy) is 1. The van der Waals surface area contributed by atoms with Gasteiger partial charge in [0.1, 0.15) is 11.6 Å². The summed E-state index contributed by atoms with van der Waals surface area (Å²) in [5.74, 6) is -1.18. The Balaban J connectivity index is 1.63. The van der Waals surface area contributed by atoms with Gasteiger partial charge in [0.05, 0.1) is 11.8 Å². The number of nitrogens with zero attached hydrogens (tertiary/aromatic N) is 1. The zero-order valence-electron chi connectivity index (χ0n) is 18.8. The van der Waals surface area contributed by atoms with E-state index < -0.39 is 11.8 Å². The number of halogens is 1. The Labute approximate surface area is 190 Å². The molecule has 5 nitrogen and oxygen atoms in total. The third-order valence-corrected chi connectivity index (χ3v) is 5.09. The molecule has 0 saturated heterocycles. The molecule has 0 aliphatic rings. The van der Waals surface area contributed by atoms with E-state index >= 15 is 0 Å². The summed E-state index contributed by atoms with van der Waals surface area (Å²) in [5.41, 5.74) is 3.15. The first-order valence-corrected chi connectivity index (χ1v) is 11.5. The van der Waals surface area contributed by atoms with Gasteiger partial charge in [-0.05, 0) is 48.4 Å². The Bertz CT molecular complexity index is 866. The zero-order valence-corrected chi connectivity index (χ0v) is 18.8. The lowest BCUT2D eigenvalue weighted by Gasteiger charge is -2.05. The van der Waals surface area contributed by atoms with E-state index in [-0.39, 0.29) is 11.5 Å². The molecule has 2 aromatic rings. The molecule has 0 aliphatic heterocycles. The predicted molar refractivity (Wildman–Crippen MR) is 125 cm³/mol. The summed E-state index contributed by atoms with van der Waals surface area (Å²) in [4.78, 5) is 23.9. The molecule has 0 unspecified atom stereocenters. The van der Waals surface area contributed by atoms with Gasteiger partial charge >= 0.3 is 5.97 Å². The van der Waals surface area contributed by atoms with Crippen LogP contribution in [0, 0.1) is 5.82 Å². The number of nitrogens with one attached hydrogen (secondary N) is 1. The van der Waals surface area contributed by atoms with Crippen LogP contribution in [-0.4, -0.2) is 18.1 Å². The molecule has 0 bridgehead atoms. The van der Waals surface area contributed by atoms with E-state index in [2.05, 4.69) is 17.5 Å². The molecule has 32 heavy (non-hydrogen) atoms. The van der Waals surface area contributed by atoms with Crippen molar-refractivity contribution in [2.24, 2.45) is 5.10 Å². The lowest BCUT2D eigenvalue weighted by atomic mass is 10.1. The zero-order chi connectivity index (χ0) is 23.0. The van der Waals surface area contributed by atoms with Gasteiger partial charge in [0.2, 0.25) is 5.91 Å². The van der Waals surface area contributed by atoms with Crippen LogP contribution in [0.15, 0.2) is 53.6 Å². The minimum atomic E-state index is -0.756. The summed E-state index contributed by atoms with van der Waals surface area (Å²) < 4.78 is 18.8. The van der Waals surface area contributed by atoms with Crippen molar-refractivity contribution in [3.8, 4) is 5.75 Å². The lowest BCUT2D eigenvalue weighted by Crippen LogP contribution is -2.16. The number of benzene rings is 2. The Hall–Kier alpha value is -3.02. The van der Waals surface area contributed by atoms with Crippen molar-refractivity contribution in [2.75, 3.05) is 0 Å². The van der Waals surface area contributed by atoms with Crippen molar-refractivity contribution in [3.63, 3.8) is 0 Å². The Morgan fingerprint density at radius 3 is 2.19 bits per heavy atom. The molecule has 0 radical (unpaired) electrons. The third-order valence-electron chi connectivity index (χ3n) is 5.09. The molecule has 1 N–H and O–H groups in total. The molecule has 1 amide bonds. The average Bonchev–Trinajstić information content (AvgIpc) is 2.79. The molecule has 0 aliphatic carbocycles. The summed E-state index contributed by atoms with van der Waals surface area (Å²) in [6.07, 6.45) is 12.9. The fraction of sp³-hybridized carbons (Fsp3) is 0.423. The molecule has 0 spiro atoms. The van der Waals surface area contributed by atoms with Crippen molar-refractivity contribution in [3.05, 3.63) is 65.5 Å². The van der Waals surface area contributed by atoms with Crippen LogP contribution in [0.25, 0.3) is 0 Å². The second kappa shape index (κ2) is 14.9. The van der Waals surface area contributed by atoms with Gasteiger partial charge < -0.3 is 4.74 Å². The number of hydrogen-bond donors (Lipinski definition) is 1. The van der Waals surface area contributed by atoms with E-state index in [0.29, 0.717) is 12.2 Å². The lowest BCUT2D eigenvalue weighted by molar-refractivity contribution is -0.121. The van der Waals surface area contributed by atoms with E-state index in [4.69, 9.17) is 4.74 Å². The highest BCUT2D eigenvalue weighted by molar-refractivity contribution is 5.91.